The van der Waals surface area contributed by atoms with Crippen molar-refractivity contribution in [3.05, 3.63) is 58.1 Å². The minimum absolute atomic E-state index is 0.444. The third-order valence-corrected chi connectivity index (χ3v) is 4.02. The van der Waals surface area contributed by atoms with Gasteiger partial charge in [-0.2, -0.15) is 0 Å². The quantitative estimate of drug-likeness (QED) is 0.705. The summed E-state index contributed by atoms with van der Waals surface area (Å²) < 4.78 is 0.902. The molecule has 1 unspecified atom stereocenters. The molecule has 0 saturated heterocycles. The zero-order chi connectivity index (χ0) is 16.8. The van der Waals surface area contributed by atoms with Crippen molar-refractivity contribution in [2.24, 2.45) is 0 Å². The van der Waals surface area contributed by atoms with Gasteiger partial charge < -0.3 is 15.7 Å². The number of aryl methyl sites for hydroxylation is 1. The number of hydrogen-bond donors (Lipinski definition) is 3. The monoisotopic (exact) mass is 376 g/mol. The van der Waals surface area contributed by atoms with Gasteiger partial charge in [0.05, 0.1) is 0 Å². The van der Waals surface area contributed by atoms with E-state index < -0.39 is 12.0 Å². The van der Waals surface area contributed by atoms with E-state index in [0.717, 1.165) is 28.7 Å². The lowest BCUT2D eigenvalue weighted by Crippen LogP contribution is -2.20. The Hall–Kier alpha value is -1.85. The predicted octanol–water partition coefficient (Wildman–Crippen LogP) is 4.25. The smallest absolute Gasteiger partial charge is 0.257 e. The molecule has 23 heavy (non-hydrogen) atoms. The van der Waals surface area contributed by atoms with Crippen molar-refractivity contribution < 1.29 is 9.90 Å². The molecular weight excluding hydrogens is 356 g/mol. The average molecular weight is 377 g/mol. The van der Waals surface area contributed by atoms with Crippen molar-refractivity contribution in [3.63, 3.8) is 0 Å². The number of hydrogen-bond acceptors (Lipinski definition) is 3. The molecule has 0 heterocycles. The second-order valence-electron chi connectivity index (χ2n) is 5.40. The summed E-state index contributed by atoms with van der Waals surface area (Å²) in [6.45, 7) is 5.01. The molecule has 2 rings (SSSR count). The number of amides is 1. The average Bonchev–Trinajstić information content (AvgIpc) is 2.54. The third kappa shape index (κ3) is 4.81. The summed E-state index contributed by atoms with van der Waals surface area (Å²) in [7, 11) is 0. The molecule has 0 aliphatic heterocycles. The van der Waals surface area contributed by atoms with E-state index in [1.54, 1.807) is 24.3 Å². The summed E-state index contributed by atoms with van der Waals surface area (Å²) in [4.78, 5) is 12.2. The Labute approximate surface area is 145 Å². The first-order valence-electron chi connectivity index (χ1n) is 7.60. The van der Waals surface area contributed by atoms with Gasteiger partial charge in [-0.1, -0.05) is 35.0 Å². The van der Waals surface area contributed by atoms with Crippen LogP contribution < -0.4 is 10.6 Å². The lowest BCUT2D eigenvalue weighted by molar-refractivity contribution is -0.124. The molecule has 0 radical (unpaired) electrons. The van der Waals surface area contributed by atoms with Crippen molar-refractivity contribution in [1.29, 1.82) is 0 Å². The number of nitrogens with one attached hydrogen (secondary N) is 2. The van der Waals surface area contributed by atoms with E-state index in [1.165, 1.54) is 0 Å². The van der Waals surface area contributed by atoms with Gasteiger partial charge in [-0.3, -0.25) is 4.79 Å². The molecule has 2 aromatic carbocycles. The van der Waals surface area contributed by atoms with Crippen LogP contribution in [0.4, 0.5) is 11.4 Å². The maximum Gasteiger partial charge on any atom is 0.257 e. The van der Waals surface area contributed by atoms with E-state index in [-0.39, 0.29) is 0 Å². The Kier molecular flexibility index (Phi) is 6.19. The number of halogens is 1. The minimum Gasteiger partial charge on any atom is -0.385 e. The molecule has 4 nitrogen and oxygen atoms in total. The number of anilines is 2. The second kappa shape index (κ2) is 8.13. The molecule has 0 bridgehead atoms. The van der Waals surface area contributed by atoms with Crippen molar-refractivity contribution >= 4 is 33.2 Å². The summed E-state index contributed by atoms with van der Waals surface area (Å²) in [5, 5.41) is 16.2. The second-order valence-corrected chi connectivity index (χ2v) is 6.32. The van der Waals surface area contributed by atoms with Gasteiger partial charge in [0, 0.05) is 22.4 Å². The number of carbonyl (C=O) groups excluding carboxylic acids is 1. The summed E-state index contributed by atoms with van der Waals surface area (Å²) in [5.74, 6) is -0.444. The molecule has 0 aliphatic rings. The van der Waals surface area contributed by atoms with E-state index in [2.05, 4.69) is 33.5 Å². The Bertz CT molecular complexity index is 671. The Morgan fingerprint density at radius 1 is 1.22 bits per heavy atom. The van der Waals surface area contributed by atoms with Gasteiger partial charge >= 0.3 is 0 Å². The largest absolute Gasteiger partial charge is 0.385 e. The van der Waals surface area contributed by atoms with E-state index in [0.29, 0.717) is 11.3 Å². The van der Waals surface area contributed by atoms with Crippen LogP contribution in [0, 0.1) is 6.92 Å². The van der Waals surface area contributed by atoms with Crippen LogP contribution in [0.1, 0.15) is 30.6 Å². The molecule has 5 heteroatoms. The molecular formula is C18H21BrN2O2. The molecule has 1 atom stereocenters. The first-order chi connectivity index (χ1) is 11.0. The maximum atomic E-state index is 12.2. The zero-order valence-electron chi connectivity index (χ0n) is 13.3. The molecule has 1 amide bonds. The van der Waals surface area contributed by atoms with Crippen LogP contribution in [0.3, 0.4) is 0 Å². The first-order valence-corrected chi connectivity index (χ1v) is 8.39. The molecule has 0 aliphatic carbocycles. The number of rotatable bonds is 6. The summed E-state index contributed by atoms with van der Waals surface area (Å²) in [6.07, 6.45) is -0.140. The molecule has 0 fully saturated rings. The molecule has 0 saturated carbocycles. The highest BCUT2D eigenvalue weighted by Gasteiger charge is 2.17. The van der Waals surface area contributed by atoms with E-state index >= 15 is 0 Å². The topological polar surface area (TPSA) is 61.4 Å². The zero-order valence-corrected chi connectivity index (χ0v) is 14.9. The molecule has 2 aromatic rings. The van der Waals surface area contributed by atoms with Crippen molar-refractivity contribution in [3.8, 4) is 0 Å². The third-order valence-electron chi connectivity index (χ3n) is 3.49. The van der Waals surface area contributed by atoms with Crippen molar-refractivity contribution in [2.45, 2.75) is 26.4 Å². The van der Waals surface area contributed by atoms with Crippen LogP contribution in [0.25, 0.3) is 0 Å². The molecule has 3 N–H and O–H groups in total. The van der Waals surface area contributed by atoms with Crippen molar-refractivity contribution in [1.82, 2.24) is 0 Å². The fourth-order valence-corrected chi connectivity index (χ4v) is 2.47. The van der Waals surface area contributed by atoms with Crippen LogP contribution in [0.15, 0.2) is 46.9 Å². The summed E-state index contributed by atoms with van der Waals surface area (Å²) >= 11 is 3.33. The maximum absolute atomic E-state index is 12.2. The number of carbonyl (C=O) groups is 1. The Morgan fingerprint density at radius 3 is 2.52 bits per heavy atom. The normalized spacial score (nSPS) is 11.8. The fraction of sp³-hybridized carbons (Fsp3) is 0.278. The Balaban J connectivity index is 2.04. The first kappa shape index (κ1) is 17.5. The highest BCUT2D eigenvalue weighted by atomic mass is 79.9. The lowest BCUT2D eigenvalue weighted by atomic mass is 10.1. The summed E-state index contributed by atoms with van der Waals surface area (Å²) in [5.41, 5.74) is 3.34. The van der Waals surface area contributed by atoms with Crippen LogP contribution in [-0.4, -0.2) is 17.6 Å². The highest BCUT2D eigenvalue weighted by molar-refractivity contribution is 9.10. The number of aliphatic hydroxyl groups is 1. The number of benzene rings is 2. The van der Waals surface area contributed by atoms with Gasteiger partial charge in [0.25, 0.3) is 5.91 Å². The van der Waals surface area contributed by atoms with Gasteiger partial charge in [0.1, 0.15) is 0 Å². The SMILES string of the molecule is CCCNc1ccc(NC(=O)C(O)c2ccc(Br)cc2)cc1C. The van der Waals surface area contributed by atoms with E-state index in [1.807, 2.05) is 25.1 Å². The molecule has 0 aromatic heterocycles. The minimum atomic E-state index is -1.19. The fourth-order valence-electron chi connectivity index (χ4n) is 2.21. The van der Waals surface area contributed by atoms with Crippen LogP contribution in [-0.2, 0) is 4.79 Å². The van der Waals surface area contributed by atoms with Gasteiger partial charge in [-0.05, 0) is 54.8 Å². The van der Waals surface area contributed by atoms with E-state index in [4.69, 9.17) is 0 Å². The standard InChI is InChI=1S/C18H21BrN2O2/c1-3-10-20-16-9-8-15(11-12(16)2)21-18(23)17(22)13-4-6-14(19)7-5-13/h4-9,11,17,20,22H,3,10H2,1-2H3,(H,21,23). The van der Waals surface area contributed by atoms with Crippen LogP contribution >= 0.6 is 15.9 Å². The van der Waals surface area contributed by atoms with Crippen molar-refractivity contribution in [2.75, 3.05) is 17.2 Å². The van der Waals surface area contributed by atoms with Gasteiger partial charge in [-0.25, -0.2) is 0 Å². The van der Waals surface area contributed by atoms with Gasteiger partial charge in [0.2, 0.25) is 0 Å². The predicted molar refractivity (Wildman–Crippen MR) is 97.7 cm³/mol. The lowest BCUT2D eigenvalue weighted by Gasteiger charge is -2.14. The molecule has 122 valence electrons. The van der Waals surface area contributed by atoms with Crippen LogP contribution in [0.2, 0.25) is 0 Å². The van der Waals surface area contributed by atoms with Gasteiger partial charge in [-0.15, -0.1) is 0 Å². The summed E-state index contributed by atoms with van der Waals surface area (Å²) in [6, 6.07) is 12.7. The molecule has 0 spiro atoms. The van der Waals surface area contributed by atoms with Crippen LogP contribution in [0.5, 0.6) is 0 Å². The highest BCUT2D eigenvalue weighted by Crippen LogP contribution is 2.22. The van der Waals surface area contributed by atoms with E-state index in [9.17, 15) is 9.90 Å². The number of aliphatic hydroxyl groups excluding tert-OH is 1. The van der Waals surface area contributed by atoms with Gasteiger partial charge in [0.15, 0.2) is 6.10 Å². The Morgan fingerprint density at radius 2 is 1.91 bits per heavy atom.